The summed E-state index contributed by atoms with van der Waals surface area (Å²) in [5.74, 6) is 0. The summed E-state index contributed by atoms with van der Waals surface area (Å²) in [6.45, 7) is 5.29. The molecule has 1 saturated heterocycles. The van der Waals surface area contributed by atoms with Crippen LogP contribution in [0.5, 0.6) is 0 Å². The SMILES string of the molecule is Cc1cccc(C)c1NCC1CCC2(CCCC2)O1. The fourth-order valence-corrected chi connectivity index (χ4v) is 3.74. The van der Waals surface area contributed by atoms with E-state index in [-0.39, 0.29) is 5.60 Å². The summed E-state index contributed by atoms with van der Waals surface area (Å²) < 4.78 is 6.35. The Morgan fingerprint density at radius 3 is 2.53 bits per heavy atom. The van der Waals surface area contributed by atoms with Gasteiger partial charge < -0.3 is 10.1 Å². The highest BCUT2D eigenvalue weighted by Gasteiger charge is 2.41. The zero-order chi connectivity index (χ0) is 13.3. The third-order valence-electron chi connectivity index (χ3n) is 4.84. The molecule has 0 radical (unpaired) electrons. The lowest BCUT2D eigenvalue weighted by Crippen LogP contribution is -2.28. The van der Waals surface area contributed by atoms with Crippen molar-refractivity contribution in [1.82, 2.24) is 0 Å². The van der Waals surface area contributed by atoms with Crippen LogP contribution in [0.2, 0.25) is 0 Å². The molecule has 0 amide bonds. The summed E-state index contributed by atoms with van der Waals surface area (Å²) in [4.78, 5) is 0. The van der Waals surface area contributed by atoms with Crippen molar-refractivity contribution < 1.29 is 4.74 Å². The molecule has 1 saturated carbocycles. The molecule has 0 aromatic heterocycles. The quantitative estimate of drug-likeness (QED) is 0.878. The Labute approximate surface area is 116 Å². The maximum Gasteiger partial charge on any atom is 0.0756 e. The summed E-state index contributed by atoms with van der Waals surface area (Å²) in [6, 6.07) is 6.46. The molecule has 1 aliphatic heterocycles. The number of ether oxygens (including phenoxy) is 1. The van der Waals surface area contributed by atoms with Crippen LogP contribution in [-0.4, -0.2) is 18.2 Å². The molecule has 1 atom stereocenters. The third-order valence-corrected chi connectivity index (χ3v) is 4.84. The molecule has 2 heteroatoms. The van der Waals surface area contributed by atoms with Crippen LogP contribution in [0, 0.1) is 13.8 Å². The lowest BCUT2D eigenvalue weighted by Gasteiger charge is -2.24. The Balaban J connectivity index is 1.59. The van der Waals surface area contributed by atoms with Gasteiger partial charge in [0.2, 0.25) is 0 Å². The van der Waals surface area contributed by atoms with Gasteiger partial charge >= 0.3 is 0 Å². The Hall–Kier alpha value is -1.02. The molecule has 1 aliphatic carbocycles. The summed E-state index contributed by atoms with van der Waals surface area (Å²) in [6.07, 6.45) is 8.18. The second-order valence-corrected chi connectivity index (χ2v) is 6.32. The first-order chi connectivity index (χ1) is 9.19. The highest BCUT2D eigenvalue weighted by Crippen LogP contribution is 2.43. The van der Waals surface area contributed by atoms with Gasteiger partial charge in [0.15, 0.2) is 0 Å². The van der Waals surface area contributed by atoms with Crippen LogP contribution >= 0.6 is 0 Å². The van der Waals surface area contributed by atoms with E-state index < -0.39 is 0 Å². The van der Waals surface area contributed by atoms with E-state index >= 15 is 0 Å². The molecule has 3 rings (SSSR count). The van der Waals surface area contributed by atoms with Crippen molar-refractivity contribution in [2.75, 3.05) is 11.9 Å². The Bertz CT molecular complexity index is 428. The number of hydrogen-bond donors (Lipinski definition) is 1. The van der Waals surface area contributed by atoms with Crippen LogP contribution in [0.3, 0.4) is 0 Å². The molecule has 2 nitrogen and oxygen atoms in total. The molecule has 2 aliphatic rings. The van der Waals surface area contributed by atoms with Crippen LogP contribution in [0.15, 0.2) is 18.2 Å². The predicted molar refractivity (Wildman–Crippen MR) is 79.7 cm³/mol. The Morgan fingerprint density at radius 1 is 1.16 bits per heavy atom. The second-order valence-electron chi connectivity index (χ2n) is 6.32. The zero-order valence-corrected chi connectivity index (χ0v) is 12.2. The topological polar surface area (TPSA) is 21.3 Å². The highest BCUT2D eigenvalue weighted by atomic mass is 16.5. The van der Waals surface area contributed by atoms with E-state index in [1.807, 2.05) is 0 Å². The van der Waals surface area contributed by atoms with Gasteiger partial charge in [-0.2, -0.15) is 0 Å². The van der Waals surface area contributed by atoms with Crippen molar-refractivity contribution in [3.05, 3.63) is 29.3 Å². The second kappa shape index (κ2) is 5.16. The number of anilines is 1. The first kappa shape index (κ1) is 13.0. The third kappa shape index (κ3) is 2.64. The van der Waals surface area contributed by atoms with E-state index in [0.29, 0.717) is 6.10 Å². The van der Waals surface area contributed by atoms with Crippen molar-refractivity contribution >= 4 is 5.69 Å². The molecule has 1 aromatic rings. The van der Waals surface area contributed by atoms with Gasteiger partial charge in [-0.1, -0.05) is 31.0 Å². The Kier molecular flexibility index (Phi) is 3.53. The van der Waals surface area contributed by atoms with Crippen LogP contribution in [0.1, 0.15) is 49.7 Å². The summed E-state index contributed by atoms with van der Waals surface area (Å²) in [7, 11) is 0. The van der Waals surface area contributed by atoms with Gasteiger partial charge in [-0.3, -0.25) is 0 Å². The van der Waals surface area contributed by atoms with Crippen molar-refractivity contribution in [3.8, 4) is 0 Å². The van der Waals surface area contributed by atoms with Gasteiger partial charge in [0, 0.05) is 12.2 Å². The van der Waals surface area contributed by atoms with Gasteiger partial charge in [-0.15, -0.1) is 0 Å². The standard InChI is InChI=1S/C17H25NO/c1-13-6-5-7-14(2)16(13)18-12-15-8-11-17(19-15)9-3-4-10-17/h5-7,15,18H,3-4,8-12H2,1-2H3. The van der Waals surface area contributed by atoms with E-state index in [9.17, 15) is 0 Å². The summed E-state index contributed by atoms with van der Waals surface area (Å²) in [5.41, 5.74) is 4.20. The lowest BCUT2D eigenvalue weighted by molar-refractivity contribution is -0.0307. The van der Waals surface area contributed by atoms with Gasteiger partial charge in [-0.05, 0) is 50.7 Å². The number of para-hydroxylation sites is 1. The van der Waals surface area contributed by atoms with E-state index in [1.165, 1.54) is 55.3 Å². The van der Waals surface area contributed by atoms with Gasteiger partial charge in [0.25, 0.3) is 0 Å². The van der Waals surface area contributed by atoms with Gasteiger partial charge in [-0.25, -0.2) is 0 Å². The smallest absolute Gasteiger partial charge is 0.0756 e. The maximum atomic E-state index is 6.35. The maximum absolute atomic E-state index is 6.35. The van der Waals surface area contributed by atoms with Crippen LogP contribution in [0.25, 0.3) is 0 Å². The molecule has 1 N–H and O–H groups in total. The summed E-state index contributed by atoms with van der Waals surface area (Å²) >= 11 is 0. The minimum atomic E-state index is 0.257. The molecular weight excluding hydrogens is 234 g/mol. The highest BCUT2D eigenvalue weighted by molar-refractivity contribution is 5.56. The number of benzene rings is 1. The molecule has 0 bridgehead atoms. The minimum Gasteiger partial charge on any atom is -0.382 e. The van der Waals surface area contributed by atoms with Crippen LogP contribution in [-0.2, 0) is 4.74 Å². The van der Waals surface area contributed by atoms with Crippen LogP contribution in [0.4, 0.5) is 5.69 Å². The normalized spacial score (nSPS) is 25.1. The largest absolute Gasteiger partial charge is 0.382 e. The molecule has 1 spiro atoms. The first-order valence-electron chi connectivity index (χ1n) is 7.66. The number of aryl methyl sites for hydroxylation is 2. The van der Waals surface area contributed by atoms with Gasteiger partial charge in [0.05, 0.1) is 11.7 Å². The molecule has 1 heterocycles. The number of rotatable bonds is 3. The lowest BCUT2D eigenvalue weighted by atomic mass is 9.98. The van der Waals surface area contributed by atoms with Crippen molar-refractivity contribution in [3.63, 3.8) is 0 Å². The van der Waals surface area contributed by atoms with E-state index in [2.05, 4.69) is 37.4 Å². The minimum absolute atomic E-state index is 0.257. The van der Waals surface area contributed by atoms with E-state index in [0.717, 1.165) is 6.54 Å². The monoisotopic (exact) mass is 259 g/mol. The molecule has 104 valence electrons. The molecule has 1 unspecified atom stereocenters. The number of nitrogens with one attached hydrogen (secondary N) is 1. The van der Waals surface area contributed by atoms with Gasteiger partial charge in [0.1, 0.15) is 0 Å². The van der Waals surface area contributed by atoms with Crippen molar-refractivity contribution in [2.24, 2.45) is 0 Å². The zero-order valence-electron chi connectivity index (χ0n) is 12.2. The molecular formula is C17H25NO. The first-order valence-corrected chi connectivity index (χ1v) is 7.66. The average Bonchev–Trinajstić information content (AvgIpc) is 3.00. The van der Waals surface area contributed by atoms with E-state index in [4.69, 9.17) is 4.74 Å². The molecule has 1 aromatic carbocycles. The molecule has 19 heavy (non-hydrogen) atoms. The molecule has 2 fully saturated rings. The predicted octanol–water partition coefficient (Wildman–Crippen LogP) is 4.21. The summed E-state index contributed by atoms with van der Waals surface area (Å²) in [5, 5.41) is 3.60. The van der Waals surface area contributed by atoms with Crippen LogP contribution < -0.4 is 5.32 Å². The van der Waals surface area contributed by atoms with E-state index in [1.54, 1.807) is 0 Å². The Morgan fingerprint density at radius 2 is 1.84 bits per heavy atom. The average molecular weight is 259 g/mol. The van der Waals surface area contributed by atoms with Crippen molar-refractivity contribution in [1.29, 1.82) is 0 Å². The number of hydrogen-bond acceptors (Lipinski definition) is 2. The van der Waals surface area contributed by atoms with Crippen molar-refractivity contribution in [2.45, 2.75) is 64.1 Å². The fraction of sp³-hybridized carbons (Fsp3) is 0.647. The fourth-order valence-electron chi connectivity index (χ4n) is 3.74.